The molecule has 1 heterocycles. The van der Waals surface area contributed by atoms with E-state index in [9.17, 15) is 9.59 Å². The van der Waals surface area contributed by atoms with Gasteiger partial charge in [-0.25, -0.2) is 14.6 Å². The van der Waals surface area contributed by atoms with E-state index >= 15 is 0 Å². The van der Waals surface area contributed by atoms with Crippen molar-refractivity contribution in [3.63, 3.8) is 0 Å². The third-order valence-corrected chi connectivity index (χ3v) is 2.89. The van der Waals surface area contributed by atoms with E-state index in [4.69, 9.17) is 5.11 Å². The molecule has 0 saturated heterocycles. The van der Waals surface area contributed by atoms with Gasteiger partial charge in [-0.1, -0.05) is 19.8 Å². The third-order valence-electron chi connectivity index (χ3n) is 2.89. The Hall–Kier alpha value is -2.05. The van der Waals surface area contributed by atoms with E-state index in [1.807, 2.05) is 17.7 Å². The fraction of sp³-hybridized carbons (Fsp3) is 0.615. The Morgan fingerprint density at radius 2 is 2.20 bits per heavy atom. The van der Waals surface area contributed by atoms with E-state index in [0.717, 1.165) is 25.8 Å². The minimum Gasteiger partial charge on any atom is -0.480 e. The second-order valence-corrected chi connectivity index (χ2v) is 4.59. The molecular weight excluding hydrogens is 260 g/mol. The lowest BCUT2D eigenvalue weighted by molar-refractivity contribution is -0.139. The highest BCUT2D eigenvalue weighted by molar-refractivity contribution is 5.82. The van der Waals surface area contributed by atoms with Crippen molar-refractivity contribution in [3.8, 4) is 0 Å². The molecule has 1 aromatic heterocycles. The maximum Gasteiger partial charge on any atom is 0.326 e. The van der Waals surface area contributed by atoms with Gasteiger partial charge in [-0.05, 0) is 12.8 Å². The number of aromatic nitrogens is 2. The summed E-state index contributed by atoms with van der Waals surface area (Å²) in [5.74, 6) is -0.994. The summed E-state index contributed by atoms with van der Waals surface area (Å²) in [6, 6.07) is -1.25. The Morgan fingerprint density at radius 3 is 2.80 bits per heavy atom. The molecule has 20 heavy (non-hydrogen) atoms. The van der Waals surface area contributed by atoms with E-state index in [0.29, 0.717) is 13.0 Å². The van der Waals surface area contributed by atoms with Crippen molar-refractivity contribution >= 4 is 12.0 Å². The lowest BCUT2D eigenvalue weighted by Crippen LogP contribution is -2.46. The molecule has 1 atom stereocenters. The smallest absolute Gasteiger partial charge is 0.326 e. The summed E-state index contributed by atoms with van der Waals surface area (Å²) < 4.78 is 1.92. The number of unbranched alkanes of at least 4 members (excludes halogenated alkanes) is 1. The molecule has 112 valence electrons. The Kier molecular flexibility index (Phi) is 7.16. The normalized spacial score (nSPS) is 11.8. The number of urea groups is 1. The molecule has 0 saturated carbocycles. The SMILES string of the molecule is CCCC[C@H](NC(=O)NCCCn1ccnc1)C(=O)O. The topological polar surface area (TPSA) is 96.3 Å². The molecule has 3 N–H and O–H groups in total. The van der Waals surface area contributed by atoms with Crippen molar-refractivity contribution in [1.82, 2.24) is 20.2 Å². The van der Waals surface area contributed by atoms with Crippen LogP contribution in [-0.2, 0) is 11.3 Å². The van der Waals surface area contributed by atoms with E-state index in [2.05, 4.69) is 15.6 Å². The molecule has 0 bridgehead atoms. The van der Waals surface area contributed by atoms with Gasteiger partial charge in [0, 0.05) is 25.5 Å². The molecule has 0 aromatic carbocycles. The number of carboxylic acid groups (broad SMARTS) is 1. The first-order chi connectivity index (χ1) is 9.63. The highest BCUT2D eigenvalue weighted by Gasteiger charge is 2.18. The number of hydrogen-bond acceptors (Lipinski definition) is 3. The molecular formula is C13H22N4O3. The molecule has 0 fully saturated rings. The number of carboxylic acids is 1. The molecule has 1 aromatic rings. The molecule has 0 spiro atoms. The van der Waals surface area contributed by atoms with Gasteiger partial charge in [-0.15, -0.1) is 0 Å². The Bertz CT molecular complexity index is 406. The number of nitrogens with zero attached hydrogens (tertiary/aromatic N) is 2. The van der Waals surface area contributed by atoms with Crippen LogP contribution in [0.5, 0.6) is 0 Å². The van der Waals surface area contributed by atoms with E-state index in [1.165, 1.54) is 0 Å². The second kappa shape index (κ2) is 8.95. The van der Waals surface area contributed by atoms with Gasteiger partial charge in [0.2, 0.25) is 0 Å². The molecule has 0 aliphatic rings. The first-order valence-electron chi connectivity index (χ1n) is 6.86. The standard InChI is InChI=1S/C13H22N4O3/c1-2-3-5-11(12(18)19)16-13(20)15-6-4-8-17-9-7-14-10-17/h7,9-11H,2-6,8H2,1H3,(H,18,19)(H2,15,16,20)/t11-/m0/s1. The predicted octanol–water partition coefficient (Wildman–Crippen LogP) is 1.22. The summed E-state index contributed by atoms with van der Waals surface area (Å²) in [7, 11) is 0. The van der Waals surface area contributed by atoms with Crippen LogP contribution < -0.4 is 10.6 Å². The first-order valence-corrected chi connectivity index (χ1v) is 6.86. The number of hydrogen-bond donors (Lipinski definition) is 3. The van der Waals surface area contributed by atoms with E-state index < -0.39 is 18.0 Å². The minimum atomic E-state index is -0.994. The summed E-state index contributed by atoms with van der Waals surface area (Å²) in [5, 5.41) is 14.1. The Labute approximate surface area is 118 Å². The van der Waals surface area contributed by atoms with Crippen LogP contribution in [0.2, 0.25) is 0 Å². The van der Waals surface area contributed by atoms with Gasteiger partial charge in [0.1, 0.15) is 6.04 Å². The van der Waals surface area contributed by atoms with Gasteiger partial charge in [-0.3, -0.25) is 0 Å². The van der Waals surface area contributed by atoms with Gasteiger partial charge < -0.3 is 20.3 Å². The zero-order valence-electron chi connectivity index (χ0n) is 11.7. The zero-order chi connectivity index (χ0) is 14.8. The van der Waals surface area contributed by atoms with Crippen LogP contribution >= 0.6 is 0 Å². The van der Waals surface area contributed by atoms with Crippen molar-refractivity contribution in [2.75, 3.05) is 6.54 Å². The average Bonchev–Trinajstić information content (AvgIpc) is 2.92. The lowest BCUT2D eigenvalue weighted by Gasteiger charge is -2.14. The van der Waals surface area contributed by atoms with Crippen molar-refractivity contribution in [2.24, 2.45) is 0 Å². The summed E-state index contributed by atoms with van der Waals surface area (Å²) in [5.41, 5.74) is 0. The zero-order valence-corrected chi connectivity index (χ0v) is 11.7. The summed E-state index contributed by atoms with van der Waals surface area (Å²) in [6.45, 7) is 3.23. The average molecular weight is 282 g/mol. The fourth-order valence-electron chi connectivity index (χ4n) is 1.76. The molecule has 7 nitrogen and oxygen atoms in total. The molecule has 0 aliphatic carbocycles. The van der Waals surface area contributed by atoms with Crippen LogP contribution in [0, 0.1) is 0 Å². The van der Waals surface area contributed by atoms with Crippen LogP contribution in [0.4, 0.5) is 4.79 Å². The van der Waals surface area contributed by atoms with Crippen molar-refractivity contribution in [1.29, 1.82) is 0 Å². The molecule has 1 rings (SSSR count). The monoisotopic (exact) mass is 282 g/mol. The van der Waals surface area contributed by atoms with Crippen LogP contribution in [0.15, 0.2) is 18.7 Å². The van der Waals surface area contributed by atoms with Gasteiger partial charge in [0.25, 0.3) is 0 Å². The summed E-state index contributed by atoms with van der Waals surface area (Å²) in [6.07, 6.45) is 8.16. The molecule has 2 amide bonds. The number of rotatable bonds is 9. The summed E-state index contributed by atoms with van der Waals surface area (Å²) >= 11 is 0. The predicted molar refractivity (Wildman–Crippen MR) is 74.3 cm³/mol. The molecule has 0 aliphatic heterocycles. The maximum atomic E-state index is 11.6. The van der Waals surface area contributed by atoms with E-state index in [1.54, 1.807) is 12.5 Å². The van der Waals surface area contributed by atoms with Crippen molar-refractivity contribution in [2.45, 2.75) is 45.2 Å². The Balaban J connectivity index is 2.18. The molecule has 0 unspecified atom stereocenters. The van der Waals surface area contributed by atoms with Crippen LogP contribution in [0.1, 0.15) is 32.6 Å². The maximum absolute atomic E-state index is 11.6. The third kappa shape index (κ3) is 6.21. The highest BCUT2D eigenvalue weighted by Crippen LogP contribution is 2.00. The molecule has 0 radical (unpaired) electrons. The van der Waals surface area contributed by atoms with Crippen LogP contribution in [-0.4, -0.2) is 39.2 Å². The number of amides is 2. The van der Waals surface area contributed by atoms with Gasteiger partial charge in [0.05, 0.1) is 6.33 Å². The number of carbonyl (C=O) groups excluding carboxylic acids is 1. The van der Waals surface area contributed by atoms with E-state index in [-0.39, 0.29) is 0 Å². The number of imidazole rings is 1. The van der Waals surface area contributed by atoms with Gasteiger partial charge >= 0.3 is 12.0 Å². The van der Waals surface area contributed by atoms with Crippen molar-refractivity contribution in [3.05, 3.63) is 18.7 Å². The number of aryl methyl sites for hydroxylation is 1. The lowest BCUT2D eigenvalue weighted by atomic mass is 10.1. The number of aliphatic carboxylic acids is 1. The molecule has 7 heteroatoms. The highest BCUT2D eigenvalue weighted by atomic mass is 16.4. The number of nitrogens with one attached hydrogen (secondary N) is 2. The fourth-order valence-corrected chi connectivity index (χ4v) is 1.76. The van der Waals surface area contributed by atoms with Crippen LogP contribution in [0.3, 0.4) is 0 Å². The summed E-state index contributed by atoms with van der Waals surface area (Å²) in [4.78, 5) is 26.5. The quantitative estimate of drug-likeness (QED) is 0.593. The van der Waals surface area contributed by atoms with Gasteiger partial charge in [-0.2, -0.15) is 0 Å². The first kappa shape index (κ1) is 16.0. The largest absolute Gasteiger partial charge is 0.480 e. The number of carbonyl (C=O) groups is 2. The minimum absolute atomic E-state index is 0.431. The van der Waals surface area contributed by atoms with Crippen molar-refractivity contribution < 1.29 is 14.7 Å². The van der Waals surface area contributed by atoms with Gasteiger partial charge in [0.15, 0.2) is 0 Å². The Morgan fingerprint density at radius 1 is 1.40 bits per heavy atom. The van der Waals surface area contributed by atoms with Crippen LogP contribution in [0.25, 0.3) is 0 Å². The second-order valence-electron chi connectivity index (χ2n) is 4.59.